The van der Waals surface area contributed by atoms with Crippen LogP contribution in [0.15, 0.2) is 24.0 Å². The third kappa shape index (κ3) is 9.46. The molecule has 2 aliphatic carbocycles. The predicted molar refractivity (Wildman–Crippen MR) is 207 cm³/mol. The fourth-order valence-electron chi connectivity index (χ4n) is 9.34. The average molecular weight is 754 g/mol. The summed E-state index contributed by atoms with van der Waals surface area (Å²) in [5, 5.41) is 12.5. The number of carbonyl (C=O) groups excluding carboxylic acids is 3. The van der Waals surface area contributed by atoms with Crippen LogP contribution in [0.1, 0.15) is 161 Å². The van der Waals surface area contributed by atoms with Gasteiger partial charge in [0.05, 0.1) is 24.5 Å². The molecule has 1 N–H and O–H groups in total. The van der Waals surface area contributed by atoms with E-state index in [9.17, 15) is 19.5 Å². The molecule has 1 unspecified atom stereocenters. The van der Waals surface area contributed by atoms with Crippen LogP contribution in [-0.4, -0.2) is 78.1 Å². The maximum Gasteiger partial charge on any atom is 0.353 e. The highest BCUT2D eigenvalue weighted by molar-refractivity contribution is 5.85. The zero-order chi connectivity index (χ0) is 38.9. The molecule has 1 saturated heterocycles. The van der Waals surface area contributed by atoms with Crippen molar-refractivity contribution in [2.75, 3.05) is 20.7 Å². The minimum atomic E-state index is -1.49. The molecule has 2 bridgehead atoms. The maximum atomic E-state index is 13.9. The molecule has 10 heteroatoms. The number of likely N-dealkylation sites (tertiary alicyclic amines) is 1. The summed E-state index contributed by atoms with van der Waals surface area (Å²) in [6.07, 6.45) is 18.9. The number of nitrogens with zero attached hydrogens (tertiary/aromatic N) is 1. The lowest BCUT2D eigenvalue weighted by Gasteiger charge is -2.61. The number of rotatable bonds is 22. The van der Waals surface area contributed by atoms with E-state index >= 15 is 0 Å². The van der Waals surface area contributed by atoms with E-state index in [2.05, 4.69) is 11.8 Å². The van der Waals surface area contributed by atoms with Gasteiger partial charge < -0.3 is 33.7 Å². The number of aliphatic hydroxyl groups is 1. The van der Waals surface area contributed by atoms with Crippen molar-refractivity contribution in [1.82, 2.24) is 4.90 Å². The minimum Gasteiger partial charge on any atom is -0.493 e. The number of hydrogen-bond donors (Lipinski definition) is 1. The van der Waals surface area contributed by atoms with Gasteiger partial charge in [0.1, 0.15) is 11.4 Å². The quantitative estimate of drug-likeness (QED) is 0.0702. The Kier molecular flexibility index (Phi) is 14.5. The van der Waals surface area contributed by atoms with Crippen molar-refractivity contribution in [2.45, 2.75) is 191 Å². The summed E-state index contributed by atoms with van der Waals surface area (Å²) in [4.78, 5) is 42.1. The Morgan fingerprint density at radius 1 is 0.926 bits per heavy atom. The molecular formula is C44H67NO9. The van der Waals surface area contributed by atoms with Gasteiger partial charge in [0.15, 0.2) is 17.6 Å². The number of carbonyl (C=O) groups is 3. The van der Waals surface area contributed by atoms with Gasteiger partial charge in [-0.25, -0.2) is 4.79 Å². The lowest BCUT2D eigenvalue weighted by molar-refractivity contribution is -0.179. The number of likely N-dealkylation sites (N-methyl/N-ethyl adjacent to an activating group) is 1. The third-order valence-corrected chi connectivity index (χ3v) is 12.1. The van der Waals surface area contributed by atoms with Crippen molar-refractivity contribution in [3.63, 3.8) is 0 Å². The number of hydrogen-bond acceptors (Lipinski definition) is 10. The van der Waals surface area contributed by atoms with Gasteiger partial charge in [0, 0.05) is 24.4 Å². The molecule has 2 heterocycles. The number of benzene rings is 1. The number of esters is 3. The van der Waals surface area contributed by atoms with Crippen molar-refractivity contribution in [3.8, 4) is 11.5 Å². The topological polar surface area (TPSA) is 121 Å². The van der Waals surface area contributed by atoms with Gasteiger partial charge in [-0.1, -0.05) is 103 Å². The lowest BCUT2D eigenvalue weighted by Crippen LogP contribution is -2.74. The monoisotopic (exact) mass is 753 g/mol. The maximum absolute atomic E-state index is 13.9. The molecule has 1 fully saturated rings. The molecule has 4 aliphatic rings. The SMILES string of the molecule is CCCCCCCCCCCCCCCCCC(=O)OC(CC(=O)OC(C)(C)C)C(=O)OC1=CC[C@@]2(O)[C@H]3Cc4ccc(OC)c5c4[C@@]2(CCN3C)[C@H]1O5. The summed E-state index contributed by atoms with van der Waals surface area (Å²) in [7, 11) is 3.61. The zero-order valence-electron chi connectivity index (χ0n) is 34.0. The smallest absolute Gasteiger partial charge is 0.353 e. The minimum absolute atomic E-state index is 0.147. The Balaban J connectivity index is 1.15. The van der Waals surface area contributed by atoms with Crippen molar-refractivity contribution in [3.05, 3.63) is 35.1 Å². The highest BCUT2D eigenvalue weighted by atomic mass is 16.6. The Bertz CT molecular complexity index is 1480. The molecule has 0 saturated carbocycles. The predicted octanol–water partition coefficient (Wildman–Crippen LogP) is 8.42. The molecule has 0 aromatic heterocycles. The van der Waals surface area contributed by atoms with Crippen LogP contribution in [-0.2, 0) is 40.4 Å². The zero-order valence-corrected chi connectivity index (χ0v) is 34.0. The number of unbranched alkanes of at least 4 members (excludes halogenated alkanes) is 14. The first kappa shape index (κ1) is 42.0. The van der Waals surface area contributed by atoms with Gasteiger partial charge in [-0.2, -0.15) is 0 Å². The molecule has 5 atom stereocenters. The third-order valence-electron chi connectivity index (χ3n) is 12.1. The molecular weight excluding hydrogens is 686 g/mol. The highest BCUT2D eigenvalue weighted by Crippen LogP contribution is 2.65. The van der Waals surface area contributed by atoms with Crippen molar-refractivity contribution in [2.24, 2.45) is 0 Å². The van der Waals surface area contributed by atoms with E-state index in [4.69, 9.17) is 23.7 Å². The first-order chi connectivity index (χ1) is 25.8. The van der Waals surface area contributed by atoms with Gasteiger partial charge >= 0.3 is 17.9 Å². The van der Waals surface area contributed by atoms with Crippen LogP contribution in [0.5, 0.6) is 11.5 Å². The Morgan fingerprint density at radius 3 is 2.13 bits per heavy atom. The van der Waals surface area contributed by atoms with Crippen molar-refractivity contribution in [1.29, 1.82) is 0 Å². The van der Waals surface area contributed by atoms with Crippen LogP contribution in [0, 0.1) is 0 Å². The van der Waals surface area contributed by atoms with Crippen LogP contribution >= 0.6 is 0 Å². The normalized spacial score (nSPS) is 24.5. The van der Waals surface area contributed by atoms with E-state index < -0.39 is 53.2 Å². The van der Waals surface area contributed by atoms with Gasteiger partial charge in [0.25, 0.3) is 0 Å². The van der Waals surface area contributed by atoms with Gasteiger partial charge in [-0.05, 0) is 71.3 Å². The van der Waals surface area contributed by atoms with Gasteiger partial charge in [-0.15, -0.1) is 0 Å². The Hall–Kier alpha value is -3.11. The number of ether oxygens (including phenoxy) is 5. The molecule has 0 amide bonds. The summed E-state index contributed by atoms with van der Waals surface area (Å²) in [6.45, 7) is 8.20. The van der Waals surface area contributed by atoms with E-state index in [1.165, 1.54) is 70.6 Å². The molecule has 2 aliphatic heterocycles. The molecule has 1 aromatic carbocycles. The van der Waals surface area contributed by atoms with E-state index in [-0.39, 0.29) is 24.6 Å². The summed E-state index contributed by atoms with van der Waals surface area (Å²) in [5.74, 6) is -0.731. The van der Waals surface area contributed by atoms with Crippen molar-refractivity contribution >= 4 is 17.9 Å². The molecule has 302 valence electrons. The fourth-order valence-corrected chi connectivity index (χ4v) is 9.34. The lowest BCUT2D eigenvalue weighted by atomic mass is 9.50. The van der Waals surface area contributed by atoms with E-state index in [1.54, 1.807) is 34.0 Å². The molecule has 5 rings (SSSR count). The second-order valence-electron chi connectivity index (χ2n) is 17.2. The van der Waals surface area contributed by atoms with Gasteiger partial charge in [0.2, 0.25) is 6.10 Å². The average Bonchev–Trinajstić information content (AvgIpc) is 3.47. The van der Waals surface area contributed by atoms with Crippen LogP contribution < -0.4 is 9.47 Å². The molecule has 54 heavy (non-hydrogen) atoms. The van der Waals surface area contributed by atoms with Gasteiger partial charge in [-0.3, -0.25) is 9.59 Å². The van der Waals surface area contributed by atoms with E-state index in [0.29, 0.717) is 30.8 Å². The van der Waals surface area contributed by atoms with E-state index in [0.717, 1.165) is 36.9 Å². The van der Waals surface area contributed by atoms with Crippen molar-refractivity contribution < 1.29 is 43.2 Å². The second-order valence-corrected chi connectivity index (χ2v) is 17.2. The second kappa shape index (κ2) is 18.7. The molecule has 10 nitrogen and oxygen atoms in total. The van der Waals surface area contributed by atoms with Crippen LogP contribution in [0.25, 0.3) is 0 Å². The Morgan fingerprint density at radius 2 is 1.54 bits per heavy atom. The summed E-state index contributed by atoms with van der Waals surface area (Å²) in [5.41, 5.74) is -0.819. The fraction of sp³-hybridized carbons (Fsp3) is 0.750. The van der Waals surface area contributed by atoms with Crippen LogP contribution in [0.2, 0.25) is 0 Å². The highest BCUT2D eigenvalue weighted by Gasteiger charge is 2.72. The summed E-state index contributed by atoms with van der Waals surface area (Å²) < 4.78 is 29.5. The van der Waals surface area contributed by atoms with Crippen LogP contribution in [0.4, 0.5) is 0 Å². The van der Waals surface area contributed by atoms with E-state index in [1.807, 2.05) is 19.2 Å². The Labute approximate surface area is 323 Å². The molecule has 0 radical (unpaired) electrons. The van der Waals surface area contributed by atoms with Crippen LogP contribution in [0.3, 0.4) is 0 Å². The largest absolute Gasteiger partial charge is 0.493 e. The number of piperidine rings is 1. The molecule has 1 spiro atoms. The standard InChI is InChI=1S/C44H67NO9/c1-7-8-9-10-11-12-13-14-15-16-17-18-19-20-21-22-36(46)51-34(30-37(47)54-42(2,3)4)41(48)52-33-25-26-44(49)35-29-31-23-24-32(50-6)39-38(31)43(44,40(33)53-39)27-28-45(35)5/h23-25,34-35,40,49H,7-22,26-30H2,1-6H3/t34?,35-,40+,43+,44-/m1/s1. The number of methoxy groups -OCH3 is 1. The summed E-state index contributed by atoms with van der Waals surface area (Å²) in [6, 6.07) is 3.76. The first-order valence-corrected chi connectivity index (χ1v) is 21.0. The first-order valence-electron chi connectivity index (χ1n) is 21.0. The summed E-state index contributed by atoms with van der Waals surface area (Å²) >= 11 is 0. The molecule has 1 aromatic rings.